The van der Waals surface area contributed by atoms with Crippen LogP contribution in [0, 0.1) is 17.8 Å². The second kappa shape index (κ2) is 20.5. The molecule has 9 nitrogen and oxygen atoms in total. The molecule has 47 heavy (non-hydrogen) atoms. The molecule has 0 aliphatic heterocycles. The van der Waals surface area contributed by atoms with Gasteiger partial charge in [0.2, 0.25) is 11.8 Å². The van der Waals surface area contributed by atoms with Crippen LogP contribution in [-0.4, -0.2) is 64.6 Å². The topological polar surface area (TPSA) is 137 Å². The molecule has 5 N–H and O–H groups in total. The molecule has 1 aromatic rings. The van der Waals surface area contributed by atoms with Gasteiger partial charge >= 0.3 is 6.09 Å². The highest BCUT2D eigenvalue weighted by molar-refractivity contribution is 5.92. The van der Waals surface area contributed by atoms with E-state index in [1.165, 1.54) is 6.42 Å². The van der Waals surface area contributed by atoms with Crippen LogP contribution in [0.15, 0.2) is 42.5 Å². The number of amides is 3. The Labute approximate surface area is 283 Å². The lowest BCUT2D eigenvalue weighted by Crippen LogP contribution is -2.50. The number of alkyl carbamates (subject to hydrolysis) is 1. The van der Waals surface area contributed by atoms with E-state index in [-0.39, 0.29) is 36.1 Å². The van der Waals surface area contributed by atoms with E-state index in [2.05, 4.69) is 29.5 Å². The van der Waals surface area contributed by atoms with Crippen LogP contribution in [0.3, 0.4) is 0 Å². The lowest BCUT2D eigenvalue weighted by molar-refractivity contribution is -0.128. The molecule has 0 radical (unpaired) electrons. The lowest BCUT2D eigenvalue weighted by atomic mass is 9.82. The summed E-state index contributed by atoms with van der Waals surface area (Å²) in [6.07, 6.45) is 6.32. The molecule has 3 amide bonds. The van der Waals surface area contributed by atoms with E-state index in [1.54, 1.807) is 20.8 Å². The van der Waals surface area contributed by atoms with Crippen LogP contribution in [0.4, 0.5) is 4.79 Å². The molecule has 1 saturated carbocycles. The molecule has 0 saturated heterocycles. The highest BCUT2D eigenvalue weighted by Gasteiger charge is 2.33. The number of hydrogen-bond donors (Lipinski definition) is 5. The van der Waals surface area contributed by atoms with Crippen LogP contribution in [0.1, 0.15) is 118 Å². The number of carbonyl (C=O) groups excluding carboxylic acids is 3. The Balaban J connectivity index is 2.23. The molecular formula is C38H63N3O6. The number of aliphatic hydroxyl groups excluding tert-OH is 2. The Bertz CT molecular complexity index is 1100. The molecule has 2 unspecified atom stereocenters. The third-order valence-corrected chi connectivity index (χ3v) is 8.82. The normalized spacial score (nSPS) is 17.2. The predicted molar refractivity (Wildman–Crippen MR) is 188 cm³/mol. The Morgan fingerprint density at radius 3 is 2.23 bits per heavy atom. The van der Waals surface area contributed by atoms with Gasteiger partial charge in [-0.25, -0.2) is 4.79 Å². The summed E-state index contributed by atoms with van der Waals surface area (Å²) < 4.78 is 5.50. The second-order valence-electron chi connectivity index (χ2n) is 14.9. The van der Waals surface area contributed by atoms with Crippen LogP contribution in [0.25, 0.3) is 0 Å². The molecule has 1 fully saturated rings. The number of ether oxygens (including phenoxy) is 1. The van der Waals surface area contributed by atoms with Gasteiger partial charge in [0.1, 0.15) is 5.60 Å². The van der Waals surface area contributed by atoms with E-state index in [1.807, 2.05) is 44.2 Å². The number of nitrogens with one attached hydrogen (secondary N) is 3. The minimum Gasteiger partial charge on any atom is -0.444 e. The Hall–Kier alpha value is -2.91. The summed E-state index contributed by atoms with van der Waals surface area (Å²) in [5.41, 5.74) is 0.524. The van der Waals surface area contributed by atoms with Gasteiger partial charge in [-0.05, 0) is 63.9 Å². The minimum atomic E-state index is -1.03. The van der Waals surface area contributed by atoms with Gasteiger partial charge in [0, 0.05) is 24.5 Å². The Kier molecular flexibility index (Phi) is 17.5. The number of rotatable bonds is 19. The third kappa shape index (κ3) is 16.2. The van der Waals surface area contributed by atoms with Gasteiger partial charge in [-0.3, -0.25) is 9.59 Å². The average molecular weight is 658 g/mol. The largest absolute Gasteiger partial charge is 0.444 e. The Morgan fingerprint density at radius 1 is 0.979 bits per heavy atom. The van der Waals surface area contributed by atoms with Gasteiger partial charge < -0.3 is 30.9 Å². The molecule has 0 heterocycles. The zero-order valence-corrected chi connectivity index (χ0v) is 29.9. The SMILES string of the molecule is C=C(C[C@H](O)[C@H](CC1CCCCC1)NC(=O)C(CCCC)CC(O)[C@H](Cc1ccccc1)NC(=O)OC(C)(C)C)C(=O)NCC(C)C. The van der Waals surface area contributed by atoms with Crippen LogP contribution >= 0.6 is 0 Å². The molecule has 2 rings (SSSR count). The maximum absolute atomic E-state index is 14.0. The maximum Gasteiger partial charge on any atom is 0.407 e. The van der Waals surface area contributed by atoms with Crippen LogP contribution in [0.5, 0.6) is 0 Å². The van der Waals surface area contributed by atoms with Crippen molar-refractivity contribution in [1.82, 2.24) is 16.0 Å². The van der Waals surface area contributed by atoms with Gasteiger partial charge in [-0.1, -0.05) is 103 Å². The summed E-state index contributed by atoms with van der Waals surface area (Å²) in [4.78, 5) is 39.4. The molecule has 266 valence electrons. The quantitative estimate of drug-likeness (QED) is 0.112. The highest BCUT2D eigenvalue weighted by atomic mass is 16.6. The summed E-state index contributed by atoms with van der Waals surface area (Å²) in [6.45, 7) is 15.9. The molecular weight excluding hydrogens is 594 g/mol. The van der Waals surface area contributed by atoms with Crippen molar-refractivity contribution in [3.63, 3.8) is 0 Å². The van der Waals surface area contributed by atoms with E-state index in [4.69, 9.17) is 4.74 Å². The zero-order valence-electron chi connectivity index (χ0n) is 29.9. The molecule has 1 aromatic carbocycles. The molecule has 1 aliphatic rings. The van der Waals surface area contributed by atoms with Gasteiger partial charge in [0.05, 0.1) is 24.3 Å². The summed E-state index contributed by atoms with van der Waals surface area (Å²) in [5.74, 6) is -0.395. The van der Waals surface area contributed by atoms with Crippen LogP contribution < -0.4 is 16.0 Å². The zero-order chi connectivity index (χ0) is 35.0. The summed E-state index contributed by atoms with van der Waals surface area (Å²) in [7, 11) is 0. The second-order valence-corrected chi connectivity index (χ2v) is 14.9. The average Bonchev–Trinajstić information content (AvgIpc) is 3.01. The van der Waals surface area contributed by atoms with Crippen LogP contribution in [0.2, 0.25) is 0 Å². The lowest BCUT2D eigenvalue weighted by Gasteiger charge is -2.33. The van der Waals surface area contributed by atoms with E-state index >= 15 is 0 Å². The third-order valence-electron chi connectivity index (χ3n) is 8.82. The molecule has 5 atom stereocenters. The number of unbranched alkanes of at least 4 members (excludes halogenated alkanes) is 1. The van der Waals surface area contributed by atoms with Gasteiger partial charge in [0.15, 0.2) is 0 Å². The smallest absolute Gasteiger partial charge is 0.407 e. The molecule has 1 aliphatic carbocycles. The molecule has 0 spiro atoms. The van der Waals surface area contributed by atoms with Crippen molar-refractivity contribution in [2.75, 3.05) is 6.54 Å². The molecule has 9 heteroatoms. The summed E-state index contributed by atoms with van der Waals surface area (Å²) in [5, 5.41) is 31.8. The minimum absolute atomic E-state index is 0.0583. The highest BCUT2D eigenvalue weighted by Crippen LogP contribution is 2.29. The van der Waals surface area contributed by atoms with Crippen molar-refractivity contribution in [3.05, 3.63) is 48.0 Å². The predicted octanol–water partition coefficient (Wildman–Crippen LogP) is 6.21. The van der Waals surface area contributed by atoms with E-state index in [0.717, 1.165) is 44.1 Å². The first-order valence-corrected chi connectivity index (χ1v) is 17.8. The van der Waals surface area contributed by atoms with Gasteiger partial charge in [-0.2, -0.15) is 0 Å². The number of hydrogen-bond acceptors (Lipinski definition) is 6. The van der Waals surface area contributed by atoms with Crippen molar-refractivity contribution in [2.45, 2.75) is 148 Å². The maximum atomic E-state index is 14.0. The van der Waals surface area contributed by atoms with Crippen molar-refractivity contribution >= 4 is 17.9 Å². The van der Waals surface area contributed by atoms with Crippen molar-refractivity contribution in [2.24, 2.45) is 17.8 Å². The van der Waals surface area contributed by atoms with E-state index < -0.39 is 41.9 Å². The first-order chi connectivity index (χ1) is 22.2. The fraction of sp³-hybridized carbons (Fsp3) is 0.711. The molecule has 0 aromatic heterocycles. The van der Waals surface area contributed by atoms with Crippen molar-refractivity contribution in [3.8, 4) is 0 Å². The van der Waals surface area contributed by atoms with E-state index in [0.29, 0.717) is 31.7 Å². The Morgan fingerprint density at radius 2 is 1.64 bits per heavy atom. The summed E-state index contributed by atoms with van der Waals surface area (Å²) >= 11 is 0. The first-order valence-electron chi connectivity index (χ1n) is 17.8. The monoisotopic (exact) mass is 657 g/mol. The van der Waals surface area contributed by atoms with Crippen LogP contribution in [-0.2, 0) is 20.7 Å². The molecule has 0 bridgehead atoms. The fourth-order valence-electron chi connectivity index (χ4n) is 6.18. The van der Waals surface area contributed by atoms with Gasteiger partial charge in [-0.15, -0.1) is 0 Å². The van der Waals surface area contributed by atoms with Crippen molar-refractivity contribution in [1.29, 1.82) is 0 Å². The number of carbonyl (C=O) groups is 3. The van der Waals surface area contributed by atoms with Crippen molar-refractivity contribution < 1.29 is 29.3 Å². The first kappa shape index (κ1) is 40.3. The number of benzene rings is 1. The van der Waals surface area contributed by atoms with E-state index in [9.17, 15) is 24.6 Å². The van der Waals surface area contributed by atoms with Gasteiger partial charge in [0.25, 0.3) is 0 Å². The number of aliphatic hydroxyl groups is 2. The summed E-state index contributed by atoms with van der Waals surface area (Å²) in [6, 6.07) is 8.36. The fourth-order valence-corrected chi connectivity index (χ4v) is 6.18. The standard InChI is InChI=1S/C38H63N3O6/c1-8-9-20-30(24-34(43)32(23-29-18-14-11-15-19-29)41-37(46)47-38(5,6)7)36(45)40-31(22-28-16-12-10-13-17-28)33(42)21-27(4)35(44)39-25-26(2)3/h11,14-15,18-19,26,28,30-34,42-43H,4,8-10,12-13,16-17,20-25H2,1-3,5-7H3,(H,39,44)(H,40,45)(H,41,46)/t30?,31-,32-,33-,34?/m0/s1.